The SMILES string of the molecule is Nc1ccc(Br)c(C(=O)Nc2ccc(CC(=O)O)nc2)c1. The molecule has 1 aromatic carbocycles. The number of hydrogen-bond donors (Lipinski definition) is 3. The van der Waals surface area contributed by atoms with E-state index < -0.39 is 5.97 Å². The van der Waals surface area contributed by atoms with E-state index >= 15 is 0 Å². The summed E-state index contributed by atoms with van der Waals surface area (Å²) >= 11 is 3.29. The lowest BCUT2D eigenvalue weighted by molar-refractivity contribution is -0.136. The maximum Gasteiger partial charge on any atom is 0.309 e. The van der Waals surface area contributed by atoms with Crippen molar-refractivity contribution in [2.75, 3.05) is 11.1 Å². The third kappa shape index (κ3) is 4.03. The molecule has 0 atom stereocenters. The van der Waals surface area contributed by atoms with Gasteiger partial charge < -0.3 is 16.2 Å². The molecule has 1 aromatic heterocycles. The van der Waals surface area contributed by atoms with Crippen LogP contribution in [0, 0.1) is 0 Å². The van der Waals surface area contributed by atoms with Gasteiger partial charge >= 0.3 is 5.97 Å². The van der Waals surface area contributed by atoms with Gasteiger partial charge in [0.05, 0.1) is 29.6 Å². The molecule has 1 heterocycles. The average Bonchev–Trinajstić information content (AvgIpc) is 2.43. The first-order chi connectivity index (χ1) is 9.95. The van der Waals surface area contributed by atoms with Gasteiger partial charge in [-0.05, 0) is 46.3 Å². The molecule has 6 nitrogen and oxygen atoms in total. The van der Waals surface area contributed by atoms with Gasteiger partial charge in [-0.25, -0.2) is 0 Å². The second-order valence-corrected chi connectivity index (χ2v) is 5.16. The van der Waals surface area contributed by atoms with Crippen molar-refractivity contribution in [2.24, 2.45) is 0 Å². The molecular formula is C14H12BrN3O3. The van der Waals surface area contributed by atoms with E-state index in [1.54, 1.807) is 30.3 Å². The fraction of sp³-hybridized carbons (Fsp3) is 0.0714. The number of nitrogens with one attached hydrogen (secondary N) is 1. The highest BCUT2D eigenvalue weighted by Crippen LogP contribution is 2.20. The number of anilines is 2. The van der Waals surface area contributed by atoms with Crippen molar-refractivity contribution in [3.63, 3.8) is 0 Å². The van der Waals surface area contributed by atoms with Crippen molar-refractivity contribution in [1.82, 2.24) is 4.98 Å². The Morgan fingerprint density at radius 3 is 2.67 bits per heavy atom. The van der Waals surface area contributed by atoms with Gasteiger partial charge in [0, 0.05) is 10.2 Å². The molecule has 0 aliphatic rings. The number of amides is 1. The van der Waals surface area contributed by atoms with Crippen molar-refractivity contribution in [1.29, 1.82) is 0 Å². The van der Waals surface area contributed by atoms with Gasteiger partial charge in [-0.3, -0.25) is 14.6 Å². The van der Waals surface area contributed by atoms with Crippen LogP contribution < -0.4 is 11.1 Å². The Hall–Kier alpha value is -2.41. The van der Waals surface area contributed by atoms with Crippen LogP contribution in [0.2, 0.25) is 0 Å². The van der Waals surface area contributed by atoms with Crippen LogP contribution in [0.1, 0.15) is 16.1 Å². The summed E-state index contributed by atoms with van der Waals surface area (Å²) < 4.78 is 0.629. The second-order valence-electron chi connectivity index (χ2n) is 4.30. The Kier molecular flexibility index (Phi) is 4.54. The quantitative estimate of drug-likeness (QED) is 0.734. The van der Waals surface area contributed by atoms with Crippen molar-refractivity contribution < 1.29 is 14.7 Å². The Balaban J connectivity index is 2.12. The topological polar surface area (TPSA) is 105 Å². The summed E-state index contributed by atoms with van der Waals surface area (Å²) in [6.07, 6.45) is 1.26. The van der Waals surface area contributed by atoms with Gasteiger partial charge in [0.2, 0.25) is 0 Å². The summed E-state index contributed by atoms with van der Waals surface area (Å²) in [4.78, 5) is 26.7. The van der Waals surface area contributed by atoms with Crippen LogP contribution in [0.4, 0.5) is 11.4 Å². The minimum Gasteiger partial charge on any atom is -0.481 e. The maximum atomic E-state index is 12.1. The van der Waals surface area contributed by atoms with Crippen LogP contribution in [0.25, 0.3) is 0 Å². The van der Waals surface area contributed by atoms with E-state index in [2.05, 4.69) is 26.2 Å². The fourth-order valence-electron chi connectivity index (χ4n) is 1.67. The van der Waals surface area contributed by atoms with Crippen LogP contribution in [-0.4, -0.2) is 22.0 Å². The van der Waals surface area contributed by atoms with Gasteiger partial charge in [-0.15, -0.1) is 0 Å². The molecule has 0 saturated carbocycles. The normalized spacial score (nSPS) is 10.1. The lowest BCUT2D eigenvalue weighted by atomic mass is 10.2. The average molecular weight is 350 g/mol. The first kappa shape index (κ1) is 15.0. The van der Waals surface area contributed by atoms with E-state index in [1.165, 1.54) is 6.20 Å². The number of pyridine rings is 1. The largest absolute Gasteiger partial charge is 0.481 e. The number of nitrogens with zero attached hydrogens (tertiary/aromatic N) is 1. The Bertz CT molecular complexity index is 686. The van der Waals surface area contributed by atoms with Crippen LogP contribution >= 0.6 is 15.9 Å². The molecule has 0 unspecified atom stereocenters. The summed E-state index contributed by atoms with van der Waals surface area (Å²) in [6, 6.07) is 8.09. The third-order valence-corrected chi connectivity index (χ3v) is 3.34. The number of halogens is 1. The standard InChI is InChI=1S/C14H12BrN3O3/c15-12-4-1-8(16)5-11(12)14(21)18-10-3-2-9(17-7-10)6-13(19)20/h1-5,7H,6,16H2,(H,18,21)(H,19,20). The first-order valence-corrected chi connectivity index (χ1v) is 6.78. The molecule has 0 fully saturated rings. The smallest absolute Gasteiger partial charge is 0.309 e. The van der Waals surface area contributed by atoms with E-state index in [1.807, 2.05) is 0 Å². The van der Waals surface area contributed by atoms with Crippen LogP contribution in [0.15, 0.2) is 41.0 Å². The van der Waals surface area contributed by atoms with Crippen molar-refractivity contribution in [3.8, 4) is 0 Å². The van der Waals surface area contributed by atoms with Crippen LogP contribution in [0.3, 0.4) is 0 Å². The fourth-order valence-corrected chi connectivity index (χ4v) is 2.10. The number of carboxylic acids is 1. The summed E-state index contributed by atoms with van der Waals surface area (Å²) in [5.41, 5.74) is 7.44. The van der Waals surface area contributed by atoms with Crippen molar-refractivity contribution in [3.05, 3.63) is 52.3 Å². The molecule has 1 amide bonds. The van der Waals surface area contributed by atoms with Crippen molar-refractivity contribution >= 4 is 39.2 Å². The van der Waals surface area contributed by atoms with E-state index in [0.717, 1.165) is 0 Å². The minimum absolute atomic E-state index is 0.158. The molecule has 0 aliphatic carbocycles. The lowest BCUT2D eigenvalue weighted by Crippen LogP contribution is -2.13. The van der Waals surface area contributed by atoms with Gasteiger partial charge in [-0.2, -0.15) is 0 Å². The summed E-state index contributed by atoms with van der Waals surface area (Å²) in [5.74, 6) is -1.29. The zero-order chi connectivity index (χ0) is 15.4. The third-order valence-electron chi connectivity index (χ3n) is 2.65. The molecule has 0 saturated heterocycles. The van der Waals surface area contributed by atoms with Gasteiger partial charge in [-0.1, -0.05) is 0 Å². The summed E-state index contributed by atoms with van der Waals surface area (Å²) in [6.45, 7) is 0. The molecule has 0 bridgehead atoms. The molecular weight excluding hydrogens is 338 g/mol. The summed E-state index contributed by atoms with van der Waals surface area (Å²) in [7, 11) is 0. The summed E-state index contributed by atoms with van der Waals surface area (Å²) in [5, 5.41) is 11.3. The number of carbonyl (C=O) groups is 2. The number of aliphatic carboxylic acids is 1. The van der Waals surface area contributed by atoms with E-state index in [4.69, 9.17) is 10.8 Å². The Labute approximate surface area is 129 Å². The monoisotopic (exact) mass is 349 g/mol. The van der Waals surface area contributed by atoms with E-state index in [0.29, 0.717) is 27.1 Å². The zero-order valence-electron chi connectivity index (χ0n) is 10.8. The number of nitrogen functional groups attached to an aromatic ring is 1. The molecule has 2 rings (SSSR count). The number of aromatic nitrogens is 1. The van der Waals surface area contributed by atoms with Gasteiger partial charge in [0.15, 0.2) is 0 Å². The minimum atomic E-state index is -0.956. The highest BCUT2D eigenvalue weighted by Gasteiger charge is 2.11. The van der Waals surface area contributed by atoms with E-state index in [9.17, 15) is 9.59 Å². The molecule has 0 radical (unpaired) electrons. The second kappa shape index (κ2) is 6.36. The highest BCUT2D eigenvalue weighted by atomic mass is 79.9. The van der Waals surface area contributed by atoms with Gasteiger partial charge in [0.25, 0.3) is 5.91 Å². The van der Waals surface area contributed by atoms with Crippen LogP contribution in [-0.2, 0) is 11.2 Å². The Morgan fingerprint density at radius 2 is 2.05 bits per heavy atom. The van der Waals surface area contributed by atoms with Crippen LogP contribution in [0.5, 0.6) is 0 Å². The number of hydrogen-bond acceptors (Lipinski definition) is 4. The van der Waals surface area contributed by atoms with Gasteiger partial charge in [0.1, 0.15) is 0 Å². The number of benzene rings is 1. The van der Waals surface area contributed by atoms with Crippen molar-refractivity contribution in [2.45, 2.75) is 6.42 Å². The number of nitrogens with two attached hydrogens (primary N) is 1. The maximum absolute atomic E-state index is 12.1. The molecule has 2 aromatic rings. The molecule has 0 aliphatic heterocycles. The number of carboxylic acid groups (broad SMARTS) is 1. The molecule has 0 spiro atoms. The zero-order valence-corrected chi connectivity index (χ0v) is 12.4. The molecule has 21 heavy (non-hydrogen) atoms. The lowest BCUT2D eigenvalue weighted by Gasteiger charge is -2.08. The number of carbonyl (C=O) groups excluding carboxylic acids is 1. The highest BCUT2D eigenvalue weighted by molar-refractivity contribution is 9.10. The molecule has 7 heteroatoms. The molecule has 108 valence electrons. The predicted octanol–water partition coefficient (Wildman–Crippen LogP) is 2.31. The van der Waals surface area contributed by atoms with E-state index in [-0.39, 0.29) is 12.3 Å². The Morgan fingerprint density at radius 1 is 1.29 bits per heavy atom. The predicted molar refractivity (Wildman–Crippen MR) is 82.1 cm³/mol. The molecule has 4 N–H and O–H groups in total. The first-order valence-electron chi connectivity index (χ1n) is 5.99. The number of rotatable bonds is 4.